The maximum atomic E-state index is 13.2. The fraction of sp³-hybridized carbons (Fsp3) is 0.552. The molecule has 0 saturated carbocycles. The molecule has 2 heterocycles. The van der Waals surface area contributed by atoms with E-state index >= 15 is 0 Å². The van der Waals surface area contributed by atoms with Crippen molar-refractivity contribution in [3.8, 4) is 0 Å². The summed E-state index contributed by atoms with van der Waals surface area (Å²) in [4.78, 5) is 17.6. The van der Waals surface area contributed by atoms with Crippen molar-refractivity contribution in [3.05, 3.63) is 65.7 Å². The minimum absolute atomic E-state index is 0.0270. The lowest BCUT2D eigenvalue weighted by atomic mass is 9.74. The van der Waals surface area contributed by atoms with E-state index < -0.39 is 23.9 Å². The zero-order valence-corrected chi connectivity index (χ0v) is 22.9. The second kappa shape index (κ2) is 10.2. The molecule has 1 atom stereocenters. The highest BCUT2D eigenvalue weighted by Gasteiger charge is 2.52. The first-order valence-corrected chi connectivity index (χ1v) is 13.0. The van der Waals surface area contributed by atoms with Crippen LogP contribution in [0, 0.1) is 0 Å². The Balaban J connectivity index is 1.58. The Kier molecular flexibility index (Phi) is 7.56. The average Bonchev–Trinajstić information content (AvgIpc) is 3.00. The van der Waals surface area contributed by atoms with Gasteiger partial charge in [0.25, 0.3) is 0 Å². The van der Waals surface area contributed by atoms with Crippen LogP contribution in [0.15, 0.2) is 54.6 Å². The molecule has 0 aliphatic carbocycles. The molecule has 2 fully saturated rings. The zero-order chi connectivity index (χ0) is 26.1. The van der Waals surface area contributed by atoms with Crippen LogP contribution in [0.4, 0.5) is 4.79 Å². The summed E-state index contributed by atoms with van der Waals surface area (Å²) in [6, 6.07) is 18.8. The summed E-state index contributed by atoms with van der Waals surface area (Å²) in [6.45, 7) is 17.1. The number of carbonyl (C=O) groups excluding carboxylic acids is 1. The van der Waals surface area contributed by atoms with Crippen molar-refractivity contribution in [1.29, 1.82) is 0 Å². The molecule has 2 aromatic carbocycles. The van der Waals surface area contributed by atoms with E-state index in [1.54, 1.807) is 0 Å². The molecule has 0 aromatic heterocycles. The van der Waals surface area contributed by atoms with Gasteiger partial charge in [-0.1, -0.05) is 54.6 Å². The van der Waals surface area contributed by atoms with Crippen LogP contribution >= 0.6 is 0 Å². The largest absolute Gasteiger partial charge is 0.495 e. The normalized spacial score (nSPS) is 22.0. The van der Waals surface area contributed by atoms with Gasteiger partial charge >= 0.3 is 13.2 Å². The molecular formula is C29H41BN2O4. The van der Waals surface area contributed by atoms with Crippen LogP contribution in [0.2, 0.25) is 0 Å². The van der Waals surface area contributed by atoms with Gasteiger partial charge in [0.15, 0.2) is 0 Å². The SMILES string of the molecule is CC(C)(C)OC(=O)N1CCN(Cc2ccccc2)C[C@H]1Cc1ccccc1B1OC(C)(C)C(C)(C)O1. The second-order valence-electron chi connectivity index (χ2n) is 12.0. The van der Waals surface area contributed by atoms with Crippen molar-refractivity contribution in [2.75, 3.05) is 19.6 Å². The van der Waals surface area contributed by atoms with E-state index in [4.69, 9.17) is 14.0 Å². The predicted octanol–water partition coefficient (Wildman–Crippen LogP) is 4.65. The van der Waals surface area contributed by atoms with Crippen molar-refractivity contribution in [2.45, 2.75) is 84.3 Å². The Bertz CT molecular complexity index is 1030. The molecule has 194 valence electrons. The van der Waals surface area contributed by atoms with E-state index in [-0.39, 0.29) is 12.1 Å². The molecule has 0 radical (unpaired) electrons. The molecule has 0 spiro atoms. The Labute approximate surface area is 217 Å². The minimum atomic E-state index is -0.538. The zero-order valence-electron chi connectivity index (χ0n) is 22.9. The number of hydrogen-bond acceptors (Lipinski definition) is 5. The van der Waals surface area contributed by atoms with Crippen molar-refractivity contribution in [1.82, 2.24) is 9.80 Å². The van der Waals surface area contributed by atoms with Gasteiger partial charge in [-0.25, -0.2) is 4.79 Å². The number of ether oxygens (including phenoxy) is 1. The van der Waals surface area contributed by atoms with Crippen LogP contribution in [0.25, 0.3) is 0 Å². The van der Waals surface area contributed by atoms with E-state index in [2.05, 4.69) is 69.0 Å². The van der Waals surface area contributed by atoms with Gasteiger partial charge in [0.05, 0.1) is 17.2 Å². The highest BCUT2D eigenvalue weighted by atomic mass is 16.7. The molecule has 2 saturated heterocycles. The first-order chi connectivity index (χ1) is 16.8. The number of amides is 1. The van der Waals surface area contributed by atoms with Gasteiger partial charge in [0.1, 0.15) is 5.60 Å². The number of nitrogens with zero attached hydrogens (tertiary/aromatic N) is 2. The predicted molar refractivity (Wildman–Crippen MR) is 144 cm³/mol. The Hall–Kier alpha value is -2.35. The number of hydrogen-bond donors (Lipinski definition) is 0. The lowest BCUT2D eigenvalue weighted by Crippen LogP contribution is -2.57. The van der Waals surface area contributed by atoms with Gasteiger partial charge in [-0.15, -0.1) is 0 Å². The van der Waals surface area contributed by atoms with Crippen LogP contribution in [-0.4, -0.2) is 65.5 Å². The average molecular weight is 492 g/mol. The lowest BCUT2D eigenvalue weighted by molar-refractivity contribution is -0.00230. The molecule has 0 N–H and O–H groups in total. The summed E-state index contributed by atoms with van der Waals surface area (Å²) in [7, 11) is -0.440. The fourth-order valence-corrected chi connectivity index (χ4v) is 4.81. The van der Waals surface area contributed by atoms with Crippen LogP contribution < -0.4 is 5.46 Å². The van der Waals surface area contributed by atoms with Gasteiger partial charge in [0.2, 0.25) is 0 Å². The molecule has 7 heteroatoms. The number of carbonyl (C=O) groups is 1. The van der Waals surface area contributed by atoms with Gasteiger partial charge in [-0.05, 0) is 71.5 Å². The molecule has 0 unspecified atom stereocenters. The summed E-state index contributed by atoms with van der Waals surface area (Å²) in [6.07, 6.45) is 0.449. The van der Waals surface area contributed by atoms with Crippen LogP contribution in [0.1, 0.15) is 59.6 Å². The Morgan fingerprint density at radius 1 is 0.972 bits per heavy atom. The van der Waals surface area contributed by atoms with Gasteiger partial charge in [-0.3, -0.25) is 4.90 Å². The topological polar surface area (TPSA) is 51.2 Å². The van der Waals surface area contributed by atoms with Crippen molar-refractivity contribution in [2.24, 2.45) is 0 Å². The molecule has 6 nitrogen and oxygen atoms in total. The third-order valence-corrected chi connectivity index (χ3v) is 7.46. The number of benzene rings is 2. The summed E-state index contributed by atoms with van der Waals surface area (Å²) < 4.78 is 18.6. The molecule has 2 aliphatic rings. The van der Waals surface area contributed by atoms with E-state index in [1.165, 1.54) is 5.56 Å². The fourth-order valence-electron chi connectivity index (χ4n) is 4.81. The van der Waals surface area contributed by atoms with E-state index in [0.29, 0.717) is 13.0 Å². The first kappa shape index (κ1) is 26.7. The van der Waals surface area contributed by atoms with Gasteiger partial charge in [-0.2, -0.15) is 0 Å². The molecule has 4 rings (SSSR count). The van der Waals surface area contributed by atoms with E-state index in [0.717, 1.165) is 30.7 Å². The molecule has 36 heavy (non-hydrogen) atoms. The van der Waals surface area contributed by atoms with Gasteiger partial charge < -0.3 is 18.9 Å². The van der Waals surface area contributed by atoms with Crippen molar-refractivity contribution in [3.63, 3.8) is 0 Å². The summed E-state index contributed by atoms with van der Waals surface area (Å²) in [5.41, 5.74) is 2.08. The van der Waals surface area contributed by atoms with Crippen LogP contribution in [0.5, 0.6) is 0 Å². The van der Waals surface area contributed by atoms with Crippen molar-refractivity contribution < 1.29 is 18.8 Å². The Morgan fingerprint density at radius 3 is 2.22 bits per heavy atom. The van der Waals surface area contributed by atoms with Gasteiger partial charge in [0, 0.05) is 26.2 Å². The maximum absolute atomic E-state index is 13.2. The summed E-state index contributed by atoms with van der Waals surface area (Å²) >= 11 is 0. The molecule has 1 amide bonds. The van der Waals surface area contributed by atoms with E-state index in [1.807, 2.05) is 43.9 Å². The second-order valence-corrected chi connectivity index (χ2v) is 12.0. The first-order valence-electron chi connectivity index (χ1n) is 13.0. The summed E-state index contributed by atoms with van der Waals surface area (Å²) in [5.74, 6) is 0. The molecule has 2 aliphatic heterocycles. The number of rotatable bonds is 5. The molecule has 0 bridgehead atoms. The van der Waals surface area contributed by atoms with Crippen LogP contribution in [0.3, 0.4) is 0 Å². The maximum Gasteiger partial charge on any atom is 0.495 e. The Morgan fingerprint density at radius 2 is 1.58 bits per heavy atom. The minimum Gasteiger partial charge on any atom is -0.444 e. The third-order valence-electron chi connectivity index (χ3n) is 7.46. The lowest BCUT2D eigenvalue weighted by Gasteiger charge is -2.42. The highest BCUT2D eigenvalue weighted by Crippen LogP contribution is 2.36. The molecular weight excluding hydrogens is 451 g/mol. The highest BCUT2D eigenvalue weighted by molar-refractivity contribution is 6.62. The van der Waals surface area contributed by atoms with Crippen molar-refractivity contribution >= 4 is 18.7 Å². The molecule has 2 aromatic rings. The quantitative estimate of drug-likeness (QED) is 0.569. The number of piperazine rings is 1. The smallest absolute Gasteiger partial charge is 0.444 e. The van der Waals surface area contributed by atoms with E-state index in [9.17, 15) is 4.79 Å². The standard InChI is InChI=1S/C29H41BN2O4/c1-27(2,3)34-26(33)32-18-17-31(20-22-13-9-8-10-14-22)21-24(32)19-23-15-11-12-16-25(23)30-35-28(4,5)29(6,7)36-30/h8-16,24H,17-21H2,1-7H3/t24-/m1/s1. The summed E-state index contributed by atoms with van der Waals surface area (Å²) in [5, 5.41) is 0. The monoisotopic (exact) mass is 492 g/mol. The third kappa shape index (κ3) is 6.13. The van der Waals surface area contributed by atoms with Crippen LogP contribution in [-0.2, 0) is 27.0 Å².